The summed E-state index contributed by atoms with van der Waals surface area (Å²) in [5.74, 6) is 0.0178. The number of esters is 1. The Kier molecular flexibility index (Phi) is 2.60. The Morgan fingerprint density at radius 2 is 2.27 bits per heavy atom. The van der Waals surface area contributed by atoms with Crippen LogP contribution in [0, 0.1) is 0 Å². The van der Waals surface area contributed by atoms with Crippen molar-refractivity contribution in [1.29, 1.82) is 0 Å². The van der Waals surface area contributed by atoms with Crippen LogP contribution in [-0.2, 0) is 9.53 Å². The van der Waals surface area contributed by atoms with Gasteiger partial charge in [0, 0.05) is 5.56 Å². The molecule has 0 spiro atoms. The molecule has 0 aliphatic carbocycles. The first kappa shape index (κ1) is 9.98. The van der Waals surface area contributed by atoms with Crippen LogP contribution in [-0.4, -0.2) is 23.8 Å². The SMILES string of the molecule is CCOC(=O)[C@@H]1Oc2ccccc2[C@H]1O. The number of carbonyl (C=O) groups is 1. The van der Waals surface area contributed by atoms with E-state index in [0.717, 1.165) is 0 Å². The van der Waals surface area contributed by atoms with Crippen LogP contribution in [0.4, 0.5) is 0 Å². The molecule has 80 valence electrons. The second-order valence-corrected chi connectivity index (χ2v) is 3.27. The van der Waals surface area contributed by atoms with Gasteiger partial charge in [-0.3, -0.25) is 0 Å². The lowest BCUT2D eigenvalue weighted by Gasteiger charge is -2.12. The summed E-state index contributed by atoms with van der Waals surface area (Å²) >= 11 is 0. The van der Waals surface area contributed by atoms with Gasteiger partial charge >= 0.3 is 5.97 Å². The van der Waals surface area contributed by atoms with Gasteiger partial charge in [0.2, 0.25) is 6.10 Å². The van der Waals surface area contributed by atoms with Crippen LogP contribution in [0.2, 0.25) is 0 Å². The molecule has 0 saturated carbocycles. The van der Waals surface area contributed by atoms with Crippen molar-refractivity contribution >= 4 is 5.97 Å². The maximum atomic E-state index is 11.4. The van der Waals surface area contributed by atoms with E-state index in [2.05, 4.69) is 0 Å². The zero-order chi connectivity index (χ0) is 10.8. The summed E-state index contributed by atoms with van der Waals surface area (Å²) in [6, 6.07) is 7.04. The fraction of sp³-hybridized carbons (Fsp3) is 0.364. The Labute approximate surface area is 87.4 Å². The monoisotopic (exact) mass is 208 g/mol. The van der Waals surface area contributed by atoms with Crippen molar-refractivity contribution < 1.29 is 19.4 Å². The first-order valence-corrected chi connectivity index (χ1v) is 4.84. The Hall–Kier alpha value is -1.55. The smallest absolute Gasteiger partial charge is 0.350 e. The number of rotatable bonds is 2. The van der Waals surface area contributed by atoms with E-state index in [9.17, 15) is 9.90 Å². The molecule has 0 amide bonds. The van der Waals surface area contributed by atoms with Crippen molar-refractivity contribution in [2.24, 2.45) is 0 Å². The number of aliphatic hydroxyl groups is 1. The molecular weight excluding hydrogens is 196 g/mol. The minimum Gasteiger partial charge on any atom is -0.475 e. The van der Waals surface area contributed by atoms with Gasteiger partial charge in [-0.05, 0) is 13.0 Å². The lowest BCUT2D eigenvalue weighted by atomic mass is 10.1. The molecule has 0 aromatic heterocycles. The van der Waals surface area contributed by atoms with Gasteiger partial charge in [0.25, 0.3) is 0 Å². The van der Waals surface area contributed by atoms with E-state index in [1.165, 1.54) is 0 Å². The van der Waals surface area contributed by atoms with E-state index in [1.54, 1.807) is 31.2 Å². The maximum absolute atomic E-state index is 11.4. The molecule has 1 heterocycles. The Bertz CT molecular complexity index is 375. The molecule has 2 rings (SSSR count). The van der Waals surface area contributed by atoms with Gasteiger partial charge in [-0.1, -0.05) is 18.2 Å². The highest BCUT2D eigenvalue weighted by atomic mass is 16.6. The standard InChI is InChI=1S/C11H12O4/c1-2-14-11(13)10-9(12)7-5-3-4-6-8(7)15-10/h3-6,9-10,12H,2H2,1H3/t9-,10-/m1/s1. The number of benzene rings is 1. The number of ether oxygens (including phenoxy) is 2. The molecule has 0 saturated heterocycles. The van der Waals surface area contributed by atoms with E-state index in [4.69, 9.17) is 9.47 Å². The lowest BCUT2D eigenvalue weighted by molar-refractivity contribution is -0.155. The van der Waals surface area contributed by atoms with Crippen LogP contribution in [0.5, 0.6) is 5.75 Å². The quantitative estimate of drug-likeness (QED) is 0.738. The van der Waals surface area contributed by atoms with Crippen molar-refractivity contribution in [3.05, 3.63) is 29.8 Å². The molecule has 4 heteroatoms. The maximum Gasteiger partial charge on any atom is 0.350 e. The Morgan fingerprint density at radius 3 is 2.93 bits per heavy atom. The minimum atomic E-state index is -0.930. The number of hydrogen-bond acceptors (Lipinski definition) is 4. The molecule has 1 aliphatic heterocycles. The van der Waals surface area contributed by atoms with Crippen molar-refractivity contribution in [3.8, 4) is 5.75 Å². The third-order valence-corrected chi connectivity index (χ3v) is 2.30. The molecule has 0 fully saturated rings. The van der Waals surface area contributed by atoms with Crippen LogP contribution < -0.4 is 4.74 Å². The van der Waals surface area contributed by atoms with Gasteiger partial charge < -0.3 is 14.6 Å². The molecule has 1 aliphatic rings. The lowest BCUT2D eigenvalue weighted by Crippen LogP contribution is -2.30. The van der Waals surface area contributed by atoms with Gasteiger partial charge in [-0.25, -0.2) is 4.79 Å². The summed E-state index contributed by atoms with van der Waals surface area (Å²) in [4.78, 5) is 11.4. The normalized spacial score (nSPS) is 23.1. The first-order chi connectivity index (χ1) is 7.24. The molecule has 1 aromatic rings. The molecule has 0 unspecified atom stereocenters. The van der Waals surface area contributed by atoms with Crippen LogP contribution in [0.25, 0.3) is 0 Å². The summed E-state index contributed by atoms with van der Waals surface area (Å²) in [7, 11) is 0. The van der Waals surface area contributed by atoms with E-state index < -0.39 is 18.2 Å². The molecule has 1 N–H and O–H groups in total. The summed E-state index contributed by atoms with van der Waals surface area (Å²) in [6.07, 6.45) is -1.86. The van der Waals surface area contributed by atoms with Gasteiger partial charge in [0.15, 0.2) is 0 Å². The van der Waals surface area contributed by atoms with Crippen LogP contribution in [0.15, 0.2) is 24.3 Å². The molecule has 1 aromatic carbocycles. The molecule has 15 heavy (non-hydrogen) atoms. The molecule has 0 bridgehead atoms. The number of aliphatic hydroxyl groups excluding tert-OH is 1. The molecule has 2 atom stereocenters. The summed E-state index contributed by atoms with van der Waals surface area (Å²) in [5, 5.41) is 9.81. The van der Waals surface area contributed by atoms with Crippen LogP contribution >= 0.6 is 0 Å². The largest absolute Gasteiger partial charge is 0.475 e. The topological polar surface area (TPSA) is 55.8 Å². The second kappa shape index (κ2) is 3.90. The van der Waals surface area contributed by atoms with E-state index in [-0.39, 0.29) is 6.61 Å². The highest BCUT2D eigenvalue weighted by Crippen LogP contribution is 2.36. The van der Waals surface area contributed by atoms with Gasteiger partial charge in [0.1, 0.15) is 11.9 Å². The summed E-state index contributed by atoms with van der Waals surface area (Å²) in [6.45, 7) is 1.99. The molecule has 0 radical (unpaired) electrons. The number of carbonyl (C=O) groups excluding carboxylic acids is 1. The third-order valence-electron chi connectivity index (χ3n) is 2.30. The van der Waals surface area contributed by atoms with Crippen LogP contribution in [0.3, 0.4) is 0 Å². The van der Waals surface area contributed by atoms with Gasteiger partial charge in [0.05, 0.1) is 6.61 Å². The van der Waals surface area contributed by atoms with E-state index in [0.29, 0.717) is 11.3 Å². The number of hydrogen-bond donors (Lipinski definition) is 1. The zero-order valence-corrected chi connectivity index (χ0v) is 8.34. The van der Waals surface area contributed by atoms with Gasteiger partial charge in [-0.15, -0.1) is 0 Å². The van der Waals surface area contributed by atoms with Crippen molar-refractivity contribution in [3.63, 3.8) is 0 Å². The van der Waals surface area contributed by atoms with Crippen molar-refractivity contribution in [1.82, 2.24) is 0 Å². The zero-order valence-electron chi connectivity index (χ0n) is 8.34. The highest BCUT2D eigenvalue weighted by Gasteiger charge is 2.38. The third kappa shape index (κ3) is 1.68. The van der Waals surface area contributed by atoms with E-state index in [1.807, 2.05) is 0 Å². The highest BCUT2D eigenvalue weighted by molar-refractivity contribution is 5.77. The summed E-state index contributed by atoms with van der Waals surface area (Å²) in [5.41, 5.74) is 0.635. The number of para-hydroxylation sites is 1. The Morgan fingerprint density at radius 1 is 1.53 bits per heavy atom. The number of fused-ring (bicyclic) bond motifs is 1. The predicted octanol–water partition coefficient (Wildman–Crippen LogP) is 1.04. The first-order valence-electron chi connectivity index (χ1n) is 4.84. The van der Waals surface area contributed by atoms with Crippen molar-refractivity contribution in [2.45, 2.75) is 19.1 Å². The fourth-order valence-electron chi connectivity index (χ4n) is 1.60. The Balaban J connectivity index is 2.19. The summed E-state index contributed by atoms with van der Waals surface area (Å²) < 4.78 is 10.1. The fourth-order valence-corrected chi connectivity index (χ4v) is 1.60. The molecular formula is C11H12O4. The predicted molar refractivity (Wildman–Crippen MR) is 52.5 cm³/mol. The minimum absolute atomic E-state index is 0.280. The van der Waals surface area contributed by atoms with Gasteiger partial charge in [-0.2, -0.15) is 0 Å². The molecule has 4 nitrogen and oxygen atoms in total. The van der Waals surface area contributed by atoms with Crippen LogP contribution in [0.1, 0.15) is 18.6 Å². The average molecular weight is 208 g/mol. The van der Waals surface area contributed by atoms with Crippen molar-refractivity contribution in [2.75, 3.05) is 6.61 Å². The second-order valence-electron chi connectivity index (χ2n) is 3.27. The average Bonchev–Trinajstić information content (AvgIpc) is 2.57. The van der Waals surface area contributed by atoms with E-state index >= 15 is 0 Å².